The lowest BCUT2D eigenvalue weighted by molar-refractivity contribution is 0.0696. The number of carbonyl (C=O) groups excluding carboxylic acids is 1. The van der Waals surface area contributed by atoms with E-state index in [0.29, 0.717) is 5.56 Å². The summed E-state index contributed by atoms with van der Waals surface area (Å²) in [7, 11) is 0. The highest BCUT2D eigenvalue weighted by atomic mass is 32.2. The van der Waals surface area contributed by atoms with Crippen LogP contribution in [-0.2, 0) is 0 Å². The number of amides is 1. The minimum Gasteiger partial charge on any atom is -0.478 e. The highest BCUT2D eigenvalue weighted by Gasteiger charge is 2.12. The number of aromatic nitrogens is 1. The van der Waals surface area contributed by atoms with Crippen molar-refractivity contribution >= 4 is 29.5 Å². The Hall–Kier alpha value is -2.34. The zero-order chi connectivity index (χ0) is 15.4. The van der Waals surface area contributed by atoms with Gasteiger partial charge in [-0.25, -0.2) is 9.78 Å². The highest BCUT2D eigenvalue weighted by molar-refractivity contribution is 7.98. The van der Waals surface area contributed by atoms with Crippen LogP contribution in [0.1, 0.15) is 26.3 Å². The summed E-state index contributed by atoms with van der Waals surface area (Å²) in [5, 5.41) is 11.6. The molecule has 21 heavy (non-hydrogen) atoms. The lowest BCUT2D eigenvalue weighted by Crippen LogP contribution is -2.15. The van der Waals surface area contributed by atoms with Crippen molar-refractivity contribution in [2.24, 2.45) is 0 Å². The number of nitrogens with one attached hydrogen (secondary N) is 1. The standard InChI is InChI=1S/C15H14N2O3S/c1-9-3-4-11(21-2)8-12(9)14(18)17-13-7-10(15(19)20)5-6-16-13/h3-8H,1-2H3,(H,19,20)(H,16,17,18). The van der Waals surface area contributed by atoms with Crippen LogP contribution in [0.3, 0.4) is 0 Å². The number of anilines is 1. The number of carboxylic acid groups (broad SMARTS) is 1. The van der Waals surface area contributed by atoms with Crippen LogP contribution in [0.15, 0.2) is 41.4 Å². The van der Waals surface area contributed by atoms with E-state index in [-0.39, 0.29) is 17.3 Å². The van der Waals surface area contributed by atoms with Crippen LogP contribution in [0.2, 0.25) is 0 Å². The van der Waals surface area contributed by atoms with Crippen LogP contribution in [-0.4, -0.2) is 28.2 Å². The molecule has 2 aromatic rings. The maximum atomic E-state index is 12.3. The number of aryl methyl sites for hydroxylation is 1. The summed E-state index contributed by atoms with van der Waals surface area (Å²) < 4.78 is 0. The number of benzene rings is 1. The molecular formula is C15H14N2O3S. The van der Waals surface area contributed by atoms with Crippen molar-refractivity contribution in [3.05, 3.63) is 53.2 Å². The van der Waals surface area contributed by atoms with Crippen LogP contribution < -0.4 is 5.32 Å². The number of hydrogen-bond acceptors (Lipinski definition) is 4. The van der Waals surface area contributed by atoms with Gasteiger partial charge < -0.3 is 10.4 Å². The molecule has 0 bridgehead atoms. The monoisotopic (exact) mass is 302 g/mol. The van der Waals surface area contributed by atoms with E-state index in [9.17, 15) is 9.59 Å². The quantitative estimate of drug-likeness (QED) is 0.849. The maximum absolute atomic E-state index is 12.3. The first kappa shape index (κ1) is 15.1. The van der Waals surface area contributed by atoms with Gasteiger partial charge in [-0.05, 0) is 43.0 Å². The van der Waals surface area contributed by atoms with E-state index in [1.54, 1.807) is 17.8 Å². The van der Waals surface area contributed by atoms with Crippen molar-refractivity contribution < 1.29 is 14.7 Å². The smallest absolute Gasteiger partial charge is 0.335 e. The molecular weight excluding hydrogens is 288 g/mol. The second-order valence-corrected chi connectivity index (χ2v) is 5.25. The Labute approximate surface area is 126 Å². The van der Waals surface area contributed by atoms with Gasteiger partial charge >= 0.3 is 5.97 Å². The predicted molar refractivity (Wildman–Crippen MR) is 82.1 cm³/mol. The van der Waals surface area contributed by atoms with E-state index in [0.717, 1.165) is 10.5 Å². The number of carboxylic acids is 1. The molecule has 2 rings (SSSR count). The maximum Gasteiger partial charge on any atom is 0.335 e. The highest BCUT2D eigenvalue weighted by Crippen LogP contribution is 2.20. The summed E-state index contributed by atoms with van der Waals surface area (Å²) in [4.78, 5) is 28.1. The Bertz CT molecular complexity index is 701. The van der Waals surface area contributed by atoms with Crippen LogP contribution >= 0.6 is 11.8 Å². The average Bonchev–Trinajstić information content (AvgIpc) is 2.48. The molecule has 1 amide bonds. The van der Waals surface area contributed by atoms with Crippen molar-refractivity contribution in [1.82, 2.24) is 4.98 Å². The largest absolute Gasteiger partial charge is 0.478 e. The average molecular weight is 302 g/mol. The van der Waals surface area contributed by atoms with E-state index >= 15 is 0 Å². The van der Waals surface area contributed by atoms with Crippen LogP contribution in [0.5, 0.6) is 0 Å². The Morgan fingerprint density at radius 3 is 2.67 bits per heavy atom. The Balaban J connectivity index is 2.25. The van der Waals surface area contributed by atoms with E-state index in [1.807, 2.05) is 25.3 Å². The van der Waals surface area contributed by atoms with Gasteiger partial charge in [0.25, 0.3) is 5.91 Å². The molecule has 0 saturated carbocycles. The summed E-state index contributed by atoms with van der Waals surface area (Å²) in [5.74, 6) is -1.15. The van der Waals surface area contributed by atoms with Crippen LogP contribution in [0.25, 0.3) is 0 Å². The lowest BCUT2D eigenvalue weighted by atomic mass is 10.1. The van der Waals surface area contributed by atoms with E-state index in [4.69, 9.17) is 5.11 Å². The first-order valence-corrected chi connectivity index (χ1v) is 7.39. The van der Waals surface area contributed by atoms with Crippen LogP contribution in [0.4, 0.5) is 5.82 Å². The molecule has 0 aliphatic carbocycles. The first-order chi connectivity index (χ1) is 10.0. The fraction of sp³-hybridized carbons (Fsp3) is 0.133. The third-order valence-corrected chi connectivity index (χ3v) is 3.66. The molecule has 0 aliphatic heterocycles. The molecule has 1 aromatic carbocycles. The van der Waals surface area contributed by atoms with E-state index in [2.05, 4.69) is 10.3 Å². The van der Waals surface area contributed by atoms with Gasteiger partial charge in [-0.3, -0.25) is 4.79 Å². The zero-order valence-corrected chi connectivity index (χ0v) is 12.4. The Kier molecular flexibility index (Phi) is 4.59. The van der Waals surface area contributed by atoms with Crippen LogP contribution in [0, 0.1) is 6.92 Å². The number of nitrogens with zero attached hydrogens (tertiary/aromatic N) is 1. The summed E-state index contributed by atoms with van der Waals surface area (Å²) in [6, 6.07) is 8.32. The topological polar surface area (TPSA) is 79.3 Å². The number of hydrogen-bond donors (Lipinski definition) is 2. The number of aromatic carboxylic acids is 1. The van der Waals surface area contributed by atoms with Crippen molar-refractivity contribution in [3.8, 4) is 0 Å². The van der Waals surface area contributed by atoms with Crippen molar-refractivity contribution in [1.29, 1.82) is 0 Å². The molecule has 0 fully saturated rings. The molecule has 1 aromatic heterocycles. The van der Waals surface area contributed by atoms with Gasteiger partial charge in [0, 0.05) is 16.7 Å². The first-order valence-electron chi connectivity index (χ1n) is 6.16. The lowest BCUT2D eigenvalue weighted by Gasteiger charge is -2.09. The van der Waals surface area contributed by atoms with Gasteiger partial charge in [0.2, 0.25) is 0 Å². The molecule has 0 aliphatic rings. The fourth-order valence-corrected chi connectivity index (χ4v) is 2.23. The minimum absolute atomic E-state index is 0.0786. The molecule has 1 heterocycles. The molecule has 0 saturated heterocycles. The second-order valence-electron chi connectivity index (χ2n) is 4.37. The molecule has 108 valence electrons. The van der Waals surface area contributed by atoms with Gasteiger partial charge in [-0.1, -0.05) is 6.07 Å². The SMILES string of the molecule is CSc1ccc(C)c(C(=O)Nc2cc(C(=O)O)ccn2)c1. The third-order valence-electron chi connectivity index (χ3n) is 2.94. The summed E-state index contributed by atoms with van der Waals surface area (Å²) in [5.41, 5.74) is 1.47. The molecule has 6 heteroatoms. The fourth-order valence-electron chi connectivity index (χ4n) is 1.79. The Morgan fingerprint density at radius 2 is 2.00 bits per heavy atom. The summed E-state index contributed by atoms with van der Waals surface area (Å²) in [6.07, 6.45) is 3.29. The van der Waals surface area contributed by atoms with Crippen molar-refractivity contribution in [3.63, 3.8) is 0 Å². The van der Waals surface area contributed by atoms with E-state index < -0.39 is 5.97 Å². The molecule has 2 N–H and O–H groups in total. The van der Waals surface area contributed by atoms with Gasteiger partial charge in [0.05, 0.1) is 5.56 Å². The van der Waals surface area contributed by atoms with E-state index in [1.165, 1.54) is 18.3 Å². The molecule has 5 nitrogen and oxygen atoms in total. The number of carbonyl (C=O) groups is 2. The molecule has 0 spiro atoms. The predicted octanol–water partition coefficient (Wildman–Crippen LogP) is 3.06. The zero-order valence-electron chi connectivity index (χ0n) is 11.6. The molecule has 0 unspecified atom stereocenters. The number of thioether (sulfide) groups is 1. The third kappa shape index (κ3) is 3.61. The van der Waals surface area contributed by atoms with Crippen molar-refractivity contribution in [2.45, 2.75) is 11.8 Å². The van der Waals surface area contributed by atoms with Crippen molar-refractivity contribution in [2.75, 3.05) is 11.6 Å². The Morgan fingerprint density at radius 1 is 1.24 bits per heavy atom. The van der Waals surface area contributed by atoms with Gasteiger partial charge in [-0.15, -0.1) is 11.8 Å². The number of rotatable bonds is 4. The van der Waals surface area contributed by atoms with Gasteiger partial charge in [0.1, 0.15) is 5.82 Å². The molecule has 0 atom stereocenters. The second kappa shape index (κ2) is 6.41. The minimum atomic E-state index is -1.06. The summed E-state index contributed by atoms with van der Waals surface area (Å²) >= 11 is 1.55. The normalized spacial score (nSPS) is 10.2. The van der Waals surface area contributed by atoms with Gasteiger partial charge in [-0.2, -0.15) is 0 Å². The van der Waals surface area contributed by atoms with Gasteiger partial charge in [0.15, 0.2) is 0 Å². The molecule has 0 radical (unpaired) electrons. The number of pyridine rings is 1. The summed E-state index contributed by atoms with van der Waals surface area (Å²) in [6.45, 7) is 1.85.